The second kappa shape index (κ2) is 10.3. The largest absolute Gasteiger partial charge is 0.385 e. The number of rotatable bonds is 10. The third kappa shape index (κ3) is 7.16. The zero-order valence-electron chi connectivity index (χ0n) is 13.8. The minimum Gasteiger partial charge on any atom is -0.385 e. The summed E-state index contributed by atoms with van der Waals surface area (Å²) in [5.74, 6) is 0.0562. The van der Waals surface area contributed by atoms with Crippen LogP contribution in [0.2, 0.25) is 0 Å². The van der Waals surface area contributed by atoms with E-state index in [0.717, 1.165) is 17.9 Å². The van der Waals surface area contributed by atoms with Crippen molar-refractivity contribution in [3.05, 3.63) is 23.8 Å². The van der Waals surface area contributed by atoms with Gasteiger partial charge >= 0.3 is 0 Å². The number of carbonyl (C=O) groups excluding carboxylic acids is 1. The van der Waals surface area contributed by atoms with Crippen molar-refractivity contribution in [2.45, 2.75) is 65.7 Å². The molecule has 1 aromatic rings. The van der Waals surface area contributed by atoms with Crippen LogP contribution in [0.25, 0.3) is 0 Å². The molecule has 0 spiro atoms. The summed E-state index contributed by atoms with van der Waals surface area (Å²) >= 11 is 0. The molecule has 0 saturated heterocycles. The van der Waals surface area contributed by atoms with E-state index in [1.807, 2.05) is 19.1 Å². The van der Waals surface area contributed by atoms with E-state index in [1.165, 1.54) is 44.1 Å². The van der Waals surface area contributed by atoms with Gasteiger partial charge in [-0.25, -0.2) is 0 Å². The first-order valence-corrected chi connectivity index (χ1v) is 8.31. The Morgan fingerprint density at radius 1 is 1.05 bits per heavy atom. The van der Waals surface area contributed by atoms with E-state index in [0.29, 0.717) is 6.42 Å². The number of benzene rings is 1. The molecule has 0 aromatic heterocycles. The summed E-state index contributed by atoms with van der Waals surface area (Å²) in [7, 11) is 0. The van der Waals surface area contributed by atoms with Gasteiger partial charge in [0.2, 0.25) is 5.91 Å². The molecule has 118 valence electrons. The van der Waals surface area contributed by atoms with E-state index in [-0.39, 0.29) is 5.91 Å². The van der Waals surface area contributed by atoms with Crippen molar-refractivity contribution >= 4 is 17.3 Å². The highest BCUT2D eigenvalue weighted by Crippen LogP contribution is 2.20. The van der Waals surface area contributed by atoms with Crippen LogP contribution < -0.4 is 10.6 Å². The maximum absolute atomic E-state index is 11.4. The van der Waals surface area contributed by atoms with Gasteiger partial charge in [0.25, 0.3) is 0 Å². The van der Waals surface area contributed by atoms with Gasteiger partial charge in [-0.15, -0.1) is 0 Å². The van der Waals surface area contributed by atoms with Crippen LogP contribution in [0.5, 0.6) is 0 Å². The summed E-state index contributed by atoms with van der Waals surface area (Å²) in [6.07, 6.45) is 8.34. The van der Waals surface area contributed by atoms with Gasteiger partial charge in [0, 0.05) is 24.3 Å². The molecule has 0 saturated carbocycles. The van der Waals surface area contributed by atoms with E-state index in [1.54, 1.807) is 0 Å². The Morgan fingerprint density at radius 3 is 2.48 bits per heavy atom. The molecule has 0 atom stereocenters. The zero-order chi connectivity index (χ0) is 15.5. The van der Waals surface area contributed by atoms with Crippen molar-refractivity contribution in [2.24, 2.45) is 0 Å². The first-order chi connectivity index (χ1) is 10.2. The molecule has 0 radical (unpaired) electrons. The fourth-order valence-corrected chi connectivity index (χ4v) is 2.27. The Bertz CT molecular complexity index is 429. The topological polar surface area (TPSA) is 41.1 Å². The first-order valence-electron chi connectivity index (χ1n) is 8.31. The molecule has 21 heavy (non-hydrogen) atoms. The Hall–Kier alpha value is -1.51. The smallest absolute Gasteiger partial charge is 0.224 e. The number of anilines is 2. The number of unbranched alkanes of at least 4 members (excludes halogenated alkanes) is 5. The molecule has 3 heteroatoms. The Kier molecular flexibility index (Phi) is 8.56. The number of hydrogen-bond donors (Lipinski definition) is 2. The molecule has 0 aliphatic heterocycles. The van der Waals surface area contributed by atoms with Gasteiger partial charge in [0.15, 0.2) is 0 Å². The van der Waals surface area contributed by atoms with Crippen molar-refractivity contribution in [3.8, 4) is 0 Å². The molecule has 1 amide bonds. The zero-order valence-corrected chi connectivity index (χ0v) is 13.8. The number of carbonyl (C=O) groups is 1. The number of nitrogens with one attached hydrogen (secondary N) is 2. The summed E-state index contributed by atoms with van der Waals surface area (Å²) in [4.78, 5) is 11.4. The van der Waals surface area contributed by atoms with Crippen molar-refractivity contribution in [3.63, 3.8) is 0 Å². The molecule has 1 aromatic carbocycles. The fraction of sp³-hybridized carbons (Fsp3) is 0.611. The highest BCUT2D eigenvalue weighted by molar-refractivity contribution is 5.91. The highest BCUT2D eigenvalue weighted by Gasteiger charge is 2.03. The number of hydrogen-bond acceptors (Lipinski definition) is 2. The average Bonchev–Trinajstić information content (AvgIpc) is 2.49. The molecular weight excluding hydrogens is 260 g/mol. The lowest BCUT2D eigenvalue weighted by atomic mass is 10.1. The molecule has 0 unspecified atom stereocenters. The molecule has 0 fully saturated rings. The lowest BCUT2D eigenvalue weighted by Crippen LogP contribution is -2.10. The van der Waals surface area contributed by atoms with Crippen LogP contribution in [-0.2, 0) is 4.79 Å². The molecule has 0 bridgehead atoms. The Morgan fingerprint density at radius 2 is 1.76 bits per heavy atom. The SMILES string of the molecule is CCCCCCCCNc1cc(NC(=O)CC)ccc1C. The van der Waals surface area contributed by atoms with Gasteiger partial charge in [0.05, 0.1) is 0 Å². The summed E-state index contributed by atoms with van der Waals surface area (Å²) < 4.78 is 0. The van der Waals surface area contributed by atoms with E-state index in [4.69, 9.17) is 0 Å². The van der Waals surface area contributed by atoms with Crippen LogP contribution in [-0.4, -0.2) is 12.5 Å². The fourth-order valence-electron chi connectivity index (χ4n) is 2.27. The summed E-state index contributed by atoms with van der Waals surface area (Å²) in [5, 5.41) is 6.39. The molecule has 0 aliphatic carbocycles. The molecule has 0 heterocycles. The quantitative estimate of drug-likeness (QED) is 0.587. The number of aryl methyl sites for hydroxylation is 1. The van der Waals surface area contributed by atoms with Gasteiger partial charge in [-0.3, -0.25) is 4.79 Å². The van der Waals surface area contributed by atoms with Crippen LogP contribution in [0.15, 0.2) is 18.2 Å². The van der Waals surface area contributed by atoms with E-state index >= 15 is 0 Å². The minimum absolute atomic E-state index is 0.0562. The molecule has 1 rings (SSSR count). The highest BCUT2D eigenvalue weighted by atomic mass is 16.1. The van der Waals surface area contributed by atoms with Crippen LogP contribution in [0.4, 0.5) is 11.4 Å². The van der Waals surface area contributed by atoms with Gasteiger partial charge in [-0.2, -0.15) is 0 Å². The normalized spacial score (nSPS) is 10.4. The molecular formula is C18H30N2O. The monoisotopic (exact) mass is 290 g/mol. The molecule has 0 aliphatic rings. The van der Waals surface area contributed by atoms with Crippen molar-refractivity contribution in [1.29, 1.82) is 0 Å². The van der Waals surface area contributed by atoms with Gasteiger partial charge in [-0.1, -0.05) is 52.0 Å². The maximum Gasteiger partial charge on any atom is 0.224 e. The lowest BCUT2D eigenvalue weighted by Gasteiger charge is -2.12. The third-order valence-corrected chi connectivity index (χ3v) is 3.69. The number of amides is 1. The standard InChI is InChI=1S/C18H30N2O/c1-4-6-7-8-9-10-13-19-17-14-16(12-11-15(17)3)20-18(21)5-2/h11-12,14,19H,4-10,13H2,1-3H3,(H,20,21). The van der Waals surface area contributed by atoms with E-state index in [9.17, 15) is 4.79 Å². The van der Waals surface area contributed by atoms with Gasteiger partial charge in [-0.05, 0) is 31.0 Å². The predicted molar refractivity (Wildman–Crippen MR) is 92.0 cm³/mol. The van der Waals surface area contributed by atoms with Crippen molar-refractivity contribution in [2.75, 3.05) is 17.2 Å². The first kappa shape index (κ1) is 17.5. The third-order valence-electron chi connectivity index (χ3n) is 3.69. The Balaban J connectivity index is 2.36. The van der Waals surface area contributed by atoms with Crippen LogP contribution in [0, 0.1) is 6.92 Å². The second-order valence-electron chi connectivity index (χ2n) is 5.63. The Labute approximate surface area is 129 Å². The van der Waals surface area contributed by atoms with Crippen molar-refractivity contribution < 1.29 is 4.79 Å². The summed E-state index contributed by atoms with van der Waals surface area (Å²) in [5.41, 5.74) is 3.21. The van der Waals surface area contributed by atoms with E-state index < -0.39 is 0 Å². The lowest BCUT2D eigenvalue weighted by molar-refractivity contribution is -0.115. The van der Waals surface area contributed by atoms with E-state index in [2.05, 4.69) is 30.5 Å². The maximum atomic E-state index is 11.4. The molecule has 3 nitrogen and oxygen atoms in total. The van der Waals surface area contributed by atoms with Gasteiger partial charge in [0.1, 0.15) is 0 Å². The minimum atomic E-state index is 0.0562. The molecule has 2 N–H and O–H groups in total. The van der Waals surface area contributed by atoms with Crippen molar-refractivity contribution in [1.82, 2.24) is 0 Å². The average molecular weight is 290 g/mol. The predicted octanol–water partition coefficient (Wildman–Crippen LogP) is 5.12. The van der Waals surface area contributed by atoms with Crippen LogP contribution in [0.1, 0.15) is 64.4 Å². The summed E-state index contributed by atoms with van der Waals surface area (Å²) in [6.45, 7) is 7.20. The second-order valence-corrected chi connectivity index (χ2v) is 5.63. The van der Waals surface area contributed by atoms with Crippen LogP contribution >= 0.6 is 0 Å². The van der Waals surface area contributed by atoms with Crippen LogP contribution in [0.3, 0.4) is 0 Å². The summed E-state index contributed by atoms with van der Waals surface area (Å²) in [6, 6.07) is 6.04. The van der Waals surface area contributed by atoms with Gasteiger partial charge < -0.3 is 10.6 Å².